The minimum absolute atomic E-state index is 0.0136. The maximum absolute atomic E-state index is 15.2. The van der Waals surface area contributed by atoms with Crippen LogP contribution in [0.5, 0.6) is 5.75 Å². The molecule has 3 atom stereocenters. The molecule has 0 aliphatic carbocycles. The first-order valence-electron chi connectivity index (χ1n) is 13.2. The van der Waals surface area contributed by atoms with Crippen molar-refractivity contribution in [3.8, 4) is 17.5 Å². The Balaban J connectivity index is 1.44. The number of hydrogen-bond acceptors (Lipinski definition) is 10. The van der Waals surface area contributed by atoms with Gasteiger partial charge in [-0.1, -0.05) is 0 Å². The monoisotopic (exact) mass is 554 g/mol. The molecule has 2 saturated heterocycles. The molecule has 14 heteroatoms. The van der Waals surface area contributed by atoms with E-state index in [-0.39, 0.29) is 46.8 Å². The van der Waals surface area contributed by atoms with E-state index in [0.717, 1.165) is 41.2 Å². The first-order valence-corrected chi connectivity index (χ1v) is 13.2. The van der Waals surface area contributed by atoms with Gasteiger partial charge >= 0.3 is 5.69 Å². The lowest BCUT2D eigenvalue weighted by Gasteiger charge is -2.47. The van der Waals surface area contributed by atoms with Crippen LogP contribution in [-0.4, -0.2) is 71.6 Å². The smallest absolute Gasteiger partial charge is 0.368 e. The van der Waals surface area contributed by atoms with Gasteiger partial charge in [0, 0.05) is 30.7 Å². The Labute approximate surface area is 229 Å². The number of nitriles is 1. The number of alkyl halides is 1. The summed E-state index contributed by atoms with van der Waals surface area (Å²) < 4.78 is 36.0. The molecule has 12 nitrogen and oxygen atoms in total. The van der Waals surface area contributed by atoms with Crippen molar-refractivity contribution in [1.29, 1.82) is 5.26 Å². The highest BCUT2D eigenvalue weighted by Crippen LogP contribution is 2.39. The van der Waals surface area contributed by atoms with E-state index in [1.807, 2.05) is 0 Å². The molecule has 0 radical (unpaired) electrons. The standard InChI is InChI=1S/C26H32F2N10O2/c1-15(27)14-40-22-9-19(28)20(10-21(22)38-25(39)36(4)34-35-38)32-24-30-13-16(12-29)23(33-24)31-17-8-18-6-5-7-37(18)26(2,3)11-17/h9-10,13,15,17-18H,5-8,11,14H2,1-4H3,(H2,30,31,32,33)/t15-,17-,18+/m1/s1. The molecule has 4 heterocycles. The molecule has 0 saturated carbocycles. The highest BCUT2D eigenvalue weighted by atomic mass is 19.1. The average Bonchev–Trinajstić information content (AvgIpc) is 3.51. The van der Waals surface area contributed by atoms with E-state index in [4.69, 9.17) is 4.74 Å². The van der Waals surface area contributed by atoms with E-state index in [1.54, 1.807) is 0 Å². The van der Waals surface area contributed by atoms with E-state index in [0.29, 0.717) is 11.9 Å². The molecule has 0 amide bonds. The minimum atomic E-state index is -1.32. The number of aromatic nitrogens is 6. The Morgan fingerprint density at radius 3 is 2.83 bits per heavy atom. The minimum Gasteiger partial charge on any atom is -0.488 e. The Kier molecular flexibility index (Phi) is 7.41. The van der Waals surface area contributed by atoms with Crippen LogP contribution in [-0.2, 0) is 7.05 Å². The SMILES string of the molecule is C[C@@H](F)COc1cc(F)c(Nc2ncc(C#N)c(N[C@@H]3C[C@@H]4CCCN4C(C)(C)C3)n2)cc1-n1nnn(C)c1=O. The van der Waals surface area contributed by atoms with Crippen LogP contribution >= 0.6 is 0 Å². The zero-order valence-corrected chi connectivity index (χ0v) is 22.9. The van der Waals surface area contributed by atoms with Crippen molar-refractivity contribution in [3.63, 3.8) is 0 Å². The van der Waals surface area contributed by atoms with Gasteiger partial charge in [0.2, 0.25) is 5.95 Å². The molecule has 212 valence electrons. The second-order valence-electron chi connectivity index (χ2n) is 11.0. The highest BCUT2D eigenvalue weighted by Gasteiger charge is 2.43. The van der Waals surface area contributed by atoms with Gasteiger partial charge in [-0.05, 0) is 69.5 Å². The number of piperidine rings is 1. The van der Waals surface area contributed by atoms with Crippen LogP contribution in [0.3, 0.4) is 0 Å². The molecule has 2 fully saturated rings. The van der Waals surface area contributed by atoms with Gasteiger partial charge in [0.25, 0.3) is 0 Å². The average molecular weight is 555 g/mol. The van der Waals surface area contributed by atoms with Crippen LogP contribution in [0.15, 0.2) is 23.1 Å². The Morgan fingerprint density at radius 1 is 1.32 bits per heavy atom. The third-order valence-corrected chi connectivity index (χ3v) is 7.42. The van der Waals surface area contributed by atoms with Crippen LogP contribution in [0, 0.1) is 17.1 Å². The summed E-state index contributed by atoms with van der Waals surface area (Å²) >= 11 is 0. The fraction of sp³-hybridized carbons (Fsp3) is 0.538. The van der Waals surface area contributed by atoms with Crippen molar-refractivity contribution < 1.29 is 13.5 Å². The molecule has 2 aromatic heterocycles. The Morgan fingerprint density at radius 2 is 2.12 bits per heavy atom. The number of aryl methyl sites for hydroxylation is 1. The third-order valence-electron chi connectivity index (χ3n) is 7.42. The number of nitrogens with one attached hydrogen (secondary N) is 2. The molecule has 40 heavy (non-hydrogen) atoms. The number of hydrogen-bond donors (Lipinski definition) is 2. The maximum Gasteiger partial charge on any atom is 0.368 e. The van der Waals surface area contributed by atoms with Crippen LogP contribution in [0.25, 0.3) is 5.69 Å². The summed E-state index contributed by atoms with van der Waals surface area (Å²) in [5, 5.41) is 23.4. The number of tetrazole rings is 1. The summed E-state index contributed by atoms with van der Waals surface area (Å²) in [6.45, 7) is 6.52. The third kappa shape index (κ3) is 5.46. The van der Waals surface area contributed by atoms with E-state index in [9.17, 15) is 14.4 Å². The van der Waals surface area contributed by atoms with Crippen molar-refractivity contribution in [1.82, 2.24) is 34.7 Å². The fourth-order valence-electron chi connectivity index (χ4n) is 5.66. The number of rotatable bonds is 8. The second kappa shape index (κ2) is 10.8. The molecule has 5 rings (SSSR count). The maximum atomic E-state index is 15.2. The lowest BCUT2D eigenvalue weighted by atomic mass is 9.84. The van der Waals surface area contributed by atoms with Crippen molar-refractivity contribution in [2.24, 2.45) is 7.05 Å². The number of fused-ring (bicyclic) bond motifs is 1. The number of halogens is 2. The van der Waals surface area contributed by atoms with Crippen LogP contribution < -0.4 is 21.1 Å². The molecule has 0 unspecified atom stereocenters. The lowest BCUT2D eigenvalue weighted by Crippen LogP contribution is -2.55. The summed E-state index contributed by atoms with van der Waals surface area (Å²) in [6, 6.07) is 5.02. The molecular formula is C26H32F2N10O2. The Hall–Kier alpha value is -4.12. The predicted octanol–water partition coefficient (Wildman–Crippen LogP) is 3.06. The van der Waals surface area contributed by atoms with Crippen molar-refractivity contribution in [2.75, 3.05) is 23.8 Å². The van der Waals surface area contributed by atoms with Gasteiger partial charge in [0.15, 0.2) is 5.82 Å². The van der Waals surface area contributed by atoms with E-state index in [2.05, 4.69) is 55.8 Å². The molecule has 1 aromatic carbocycles. The predicted molar refractivity (Wildman–Crippen MR) is 143 cm³/mol. The zero-order chi connectivity index (χ0) is 28.6. The number of ether oxygens (including phenoxy) is 1. The largest absolute Gasteiger partial charge is 0.488 e. The topological polar surface area (TPSA) is 139 Å². The van der Waals surface area contributed by atoms with Crippen LogP contribution in [0.2, 0.25) is 0 Å². The van der Waals surface area contributed by atoms with Gasteiger partial charge in [-0.3, -0.25) is 4.90 Å². The molecule has 0 bridgehead atoms. The summed E-state index contributed by atoms with van der Waals surface area (Å²) in [5.74, 6) is -0.435. The summed E-state index contributed by atoms with van der Waals surface area (Å²) in [5.41, 5.74) is -0.342. The van der Waals surface area contributed by atoms with Gasteiger partial charge in [-0.15, -0.1) is 0 Å². The normalized spacial score (nSPS) is 20.9. The zero-order valence-electron chi connectivity index (χ0n) is 22.9. The Bertz CT molecular complexity index is 1500. The van der Waals surface area contributed by atoms with E-state index in [1.165, 1.54) is 32.7 Å². The summed E-state index contributed by atoms with van der Waals surface area (Å²) in [7, 11) is 1.41. The molecule has 0 spiro atoms. The van der Waals surface area contributed by atoms with Gasteiger partial charge < -0.3 is 15.4 Å². The molecule has 2 aliphatic rings. The summed E-state index contributed by atoms with van der Waals surface area (Å²) in [6.07, 6.45) is 4.19. The van der Waals surface area contributed by atoms with Crippen molar-refractivity contribution >= 4 is 17.5 Å². The molecule has 3 aromatic rings. The van der Waals surface area contributed by atoms with Crippen LogP contribution in [0.1, 0.15) is 52.0 Å². The van der Waals surface area contributed by atoms with Gasteiger partial charge in [-0.25, -0.2) is 18.6 Å². The fourth-order valence-corrected chi connectivity index (χ4v) is 5.66. The van der Waals surface area contributed by atoms with Crippen molar-refractivity contribution in [3.05, 3.63) is 40.2 Å². The van der Waals surface area contributed by atoms with Gasteiger partial charge in [0.1, 0.15) is 41.7 Å². The first-order chi connectivity index (χ1) is 19.1. The first kappa shape index (κ1) is 27.4. The van der Waals surface area contributed by atoms with Gasteiger partial charge in [0.05, 0.1) is 11.9 Å². The molecule has 2 aliphatic heterocycles. The summed E-state index contributed by atoms with van der Waals surface area (Å²) in [4.78, 5) is 23.8. The van der Waals surface area contributed by atoms with E-state index >= 15 is 4.39 Å². The van der Waals surface area contributed by atoms with Gasteiger partial charge in [-0.2, -0.15) is 19.6 Å². The van der Waals surface area contributed by atoms with Crippen LogP contribution in [0.4, 0.5) is 26.2 Å². The van der Waals surface area contributed by atoms with E-state index < -0.39 is 17.7 Å². The molecular weight excluding hydrogens is 522 g/mol. The quantitative estimate of drug-likeness (QED) is 0.427. The number of benzene rings is 1. The molecule has 2 N–H and O–H groups in total. The highest BCUT2D eigenvalue weighted by molar-refractivity contribution is 5.64. The lowest BCUT2D eigenvalue weighted by molar-refractivity contribution is 0.0501. The second-order valence-corrected chi connectivity index (χ2v) is 11.0. The number of nitrogens with zero attached hydrogens (tertiary/aromatic N) is 8. The van der Waals surface area contributed by atoms with Crippen molar-refractivity contribution in [2.45, 2.75) is 70.2 Å². The number of anilines is 3.